The zero-order valence-corrected chi connectivity index (χ0v) is 11.9. The Morgan fingerprint density at radius 1 is 1.28 bits per heavy atom. The van der Waals surface area contributed by atoms with Crippen molar-refractivity contribution in [1.82, 2.24) is 0 Å². The smallest absolute Gasteiger partial charge is 0.117 e. The molecule has 3 heteroatoms. The largest absolute Gasteiger partial charge is 0.392 e. The second kappa shape index (κ2) is 4.62. The molecule has 0 aromatic rings. The van der Waals surface area contributed by atoms with Crippen molar-refractivity contribution in [3.63, 3.8) is 0 Å². The fourth-order valence-corrected chi connectivity index (χ4v) is 4.35. The first-order chi connectivity index (χ1) is 8.33. The SMILES string of the molecule is CC1=CC[C@@H](O)[C@]2(C)CCCC(C)(C)[C@H]2[C@@H]1OO. The summed E-state index contributed by atoms with van der Waals surface area (Å²) in [4.78, 5) is 4.82. The Balaban J connectivity index is 2.48. The van der Waals surface area contributed by atoms with E-state index in [4.69, 9.17) is 4.89 Å². The molecule has 2 aliphatic rings. The first kappa shape index (κ1) is 14.0. The average Bonchev–Trinajstić information content (AvgIpc) is 2.38. The van der Waals surface area contributed by atoms with Gasteiger partial charge in [-0.25, -0.2) is 4.89 Å². The highest BCUT2D eigenvalue weighted by molar-refractivity contribution is 5.18. The van der Waals surface area contributed by atoms with E-state index in [-0.39, 0.29) is 29.0 Å². The molecule has 3 nitrogen and oxygen atoms in total. The molecule has 1 fully saturated rings. The Morgan fingerprint density at radius 3 is 2.56 bits per heavy atom. The number of hydrogen-bond acceptors (Lipinski definition) is 3. The molecule has 0 aromatic carbocycles. The Morgan fingerprint density at radius 2 is 1.94 bits per heavy atom. The maximum absolute atomic E-state index is 10.5. The second-order valence-corrected chi connectivity index (χ2v) is 7.05. The van der Waals surface area contributed by atoms with Gasteiger partial charge in [-0.15, -0.1) is 0 Å². The van der Waals surface area contributed by atoms with Crippen molar-refractivity contribution in [2.75, 3.05) is 0 Å². The van der Waals surface area contributed by atoms with Crippen LogP contribution in [0.3, 0.4) is 0 Å². The molecule has 0 radical (unpaired) electrons. The van der Waals surface area contributed by atoms with Gasteiger partial charge in [0.2, 0.25) is 0 Å². The van der Waals surface area contributed by atoms with Crippen molar-refractivity contribution in [3.8, 4) is 0 Å². The van der Waals surface area contributed by atoms with Crippen LogP contribution in [0.2, 0.25) is 0 Å². The molecule has 0 unspecified atom stereocenters. The predicted octanol–water partition coefficient (Wildman–Crippen LogP) is 3.39. The molecule has 0 amide bonds. The molecule has 18 heavy (non-hydrogen) atoms. The summed E-state index contributed by atoms with van der Waals surface area (Å²) in [6, 6.07) is 0. The molecular formula is C15H26O3. The van der Waals surface area contributed by atoms with Crippen LogP contribution in [-0.4, -0.2) is 22.6 Å². The molecule has 2 rings (SSSR count). The normalized spacial score (nSPS) is 43.9. The summed E-state index contributed by atoms with van der Waals surface area (Å²) in [7, 11) is 0. The molecule has 2 aliphatic carbocycles. The minimum atomic E-state index is -0.350. The fraction of sp³-hybridized carbons (Fsp3) is 0.867. The molecule has 0 spiro atoms. The second-order valence-electron chi connectivity index (χ2n) is 7.05. The molecule has 0 bridgehead atoms. The van der Waals surface area contributed by atoms with Crippen molar-refractivity contribution in [1.29, 1.82) is 0 Å². The summed E-state index contributed by atoms with van der Waals surface area (Å²) in [5.74, 6) is 0.150. The van der Waals surface area contributed by atoms with Crippen molar-refractivity contribution >= 4 is 0 Å². The lowest BCUT2D eigenvalue weighted by Gasteiger charge is -2.54. The van der Waals surface area contributed by atoms with Gasteiger partial charge in [0.05, 0.1) is 6.10 Å². The van der Waals surface area contributed by atoms with Crippen LogP contribution in [0.5, 0.6) is 0 Å². The molecule has 2 N–H and O–H groups in total. The molecule has 104 valence electrons. The topological polar surface area (TPSA) is 49.7 Å². The highest BCUT2D eigenvalue weighted by Crippen LogP contribution is 2.57. The molecule has 0 aromatic heterocycles. The van der Waals surface area contributed by atoms with E-state index < -0.39 is 0 Å². The third-order valence-electron chi connectivity index (χ3n) is 5.38. The molecule has 0 aliphatic heterocycles. The minimum Gasteiger partial charge on any atom is -0.392 e. The highest BCUT2D eigenvalue weighted by atomic mass is 17.1. The van der Waals surface area contributed by atoms with Gasteiger partial charge in [0.1, 0.15) is 6.10 Å². The number of rotatable bonds is 1. The zero-order chi connectivity index (χ0) is 13.6. The van der Waals surface area contributed by atoms with E-state index in [0.717, 1.165) is 24.8 Å². The third-order valence-corrected chi connectivity index (χ3v) is 5.38. The van der Waals surface area contributed by atoms with Gasteiger partial charge in [0, 0.05) is 11.3 Å². The van der Waals surface area contributed by atoms with Gasteiger partial charge in [-0.2, -0.15) is 0 Å². The Hall–Kier alpha value is -0.380. The lowest BCUT2D eigenvalue weighted by atomic mass is 9.53. The van der Waals surface area contributed by atoms with Gasteiger partial charge in [-0.05, 0) is 37.2 Å². The molecule has 0 heterocycles. The van der Waals surface area contributed by atoms with Crippen LogP contribution in [0, 0.1) is 16.7 Å². The fourth-order valence-electron chi connectivity index (χ4n) is 4.35. The lowest BCUT2D eigenvalue weighted by molar-refractivity contribution is -0.302. The number of aliphatic hydroxyl groups excluding tert-OH is 1. The van der Waals surface area contributed by atoms with Crippen molar-refractivity contribution in [2.45, 2.75) is 65.6 Å². The van der Waals surface area contributed by atoms with Gasteiger partial charge in [-0.3, -0.25) is 5.26 Å². The summed E-state index contributed by atoms with van der Waals surface area (Å²) < 4.78 is 0. The monoisotopic (exact) mass is 254 g/mol. The summed E-state index contributed by atoms with van der Waals surface area (Å²) in [6.07, 6.45) is 5.30. The van der Waals surface area contributed by atoms with Crippen LogP contribution < -0.4 is 0 Å². The Kier molecular flexibility index (Phi) is 3.60. The molecule has 1 saturated carbocycles. The van der Waals surface area contributed by atoms with E-state index in [1.807, 2.05) is 13.0 Å². The number of hydrogen-bond donors (Lipinski definition) is 2. The lowest BCUT2D eigenvalue weighted by Crippen LogP contribution is -2.53. The molecular weight excluding hydrogens is 228 g/mol. The van der Waals surface area contributed by atoms with E-state index in [9.17, 15) is 10.4 Å². The van der Waals surface area contributed by atoms with E-state index >= 15 is 0 Å². The van der Waals surface area contributed by atoms with Crippen LogP contribution in [0.15, 0.2) is 11.6 Å². The summed E-state index contributed by atoms with van der Waals surface area (Å²) >= 11 is 0. The zero-order valence-electron chi connectivity index (χ0n) is 11.9. The van der Waals surface area contributed by atoms with E-state index in [1.165, 1.54) is 0 Å². The first-order valence-electron chi connectivity index (χ1n) is 6.98. The predicted molar refractivity (Wildman–Crippen MR) is 71.1 cm³/mol. The highest BCUT2D eigenvalue weighted by Gasteiger charge is 2.55. The van der Waals surface area contributed by atoms with Crippen LogP contribution in [0.25, 0.3) is 0 Å². The standard InChI is InChI=1S/C15H26O3/c1-10-6-7-11(16)15(4)9-5-8-14(2,3)13(15)12(10)18-17/h6,11-13,16-17H,5,7-9H2,1-4H3/t11-,12-,13-,15+/m1/s1. The maximum Gasteiger partial charge on any atom is 0.117 e. The van der Waals surface area contributed by atoms with Gasteiger partial charge in [0.15, 0.2) is 0 Å². The summed E-state index contributed by atoms with van der Waals surface area (Å²) in [5, 5.41) is 19.9. The maximum atomic E-state index is 10.5. The molecule has 0 saturated heterocycles. The van der Waals surface area contributed by atoms with Crippen molar-refractivity contribution in [3.05, 3.63) is 11.6 Å². The summed E-state index contributed by atoms with van der Waals surface area (Å²) in [6.45, 7) is 8.60. The number of fused-ring (bicyclic) bond motifs is 1. The van der Waals surface area contributed by atoms with Crippen molar-refractivity contribution < 1.29 is 15.3 Å². The Labute approximate surface area is 110 Å². The van der Waals surface area contributed by atoms with Crippen LogP contribution >= 0.6 is 0 Å². The van der Waals surface area contributed by atoms with Crippen LogP contribution in [0.1, 0.15) is 53.4 Å². The van der Waals surface area contributed by atoms with Gasteiger partial charge < -0.3 is 5.11 Å². The third kappa shape index (κ3) is 2.02. The minimum absolute atomic E-state index is 0.0703. The summed E-state index contributed by atoms with van der Waals surface area (Å²) in [5.41, 5.74) is 0.935. The van der Waals surface area contributed by atoms with Gasteiger partial charge in [0.25, 0.3) is 0 Å². The van der Waals surface area contributed by atoms with Crippen LogP contribution in [0.4, 0.5) is 0 Å². The molecule has 4 atom stereocenters. The first-order valence-corrected chi connectivity index (χ1v) is 6.98. The quantitative estimate of drug-likeness (QED) is 0.428. The van der Waals surface area contributed by atoms with Gasteiger partial charge >= 0.3 is 0 Å². The number of aliphatic hydroxyl groups is 1. The van der Waals surface area contributed by atoms with Gasteiger partial charge in [-0.1, -0.05) is 33.3 Å². The van der Waals surface area contributed by atoms with E-state index in [2.05, 4.69) is 20.8 Å². The Bertz CT molecular complexity index is 348. The van der Waals surface area contributed by atoms with E-state index in [0.29, 0.717) is 6.42 Å². The van der Waals surface area contributed by atoms with Crippen LogP contribution in [-0.2, 0) is 4.89 Å². The van der Waals surface area contributed by atoms with Crippen molar-refractivity contribution in [2.24, 2.45) is 16.7 Å². The van der Waals surface area contributed by atoms with E-state index in [1.54, 1.807) is 0 Å². The average molecular weight is 254 g/mol.